The van der Waals surface area contributed by atoms with Crippen molar-refractivity contribution in [2.45, 2.75) is 26.8 Å². The molecule has 2 aromatic rings. The van der Waals surface area contributed by atoms with Crippen LogP contribution in [0, 0.1) is 13.8 Å². The molecule has 0 spiro atoms. The molecule has 0 bridgehead atoms. The molecule has 0 unspecified atom stereocenters. The van der Waals surface area contributed by atoms with Crippen molar-refractivity contribution < 1.29 is 13.2 Å². The Morgan fingerprint density at radius 3 is 2.42 bits per heavy atom. The topological polar surface area (TPSA) is 66.5 Å². The maximum atomic E-state index is 12.7. The minimum Gasteiger partial charge on any atom is -0.323 e. The number of nitrogens with zero attached hydrogens (tertiary/aromatic N) is 1. The third-order valence-corrected chi connectivity index (χ3v) is 5.95. The SMILES string of the molecule is Cc1ccc(C)c(N([C@H](C)C(=O)Nc2cccc(Cl)c2Cl)S(C)(=O)=O)c1. The smallest absolute Gasteiger partial charge is 0.248 e. The summed E-state index contributed by atoms with van der Waals surface area (Å²) in [5, 5.41) is 3.14. The summed E-state index contributed by atoms with van der Waals surface area (Å²) in [5.74, 6) is -0.513. The van der Waals surface area contributed by atoms with E-state index in [9.17, 15) is 13.2 Å². The van der Waals surface area contributed by atoms with Gasteiger partial charge >= 0.3 is 0 Å². The predicted octanol–water partition coefficient (Wildman–Crippen LogP) is 4.40. The minimum absolute atomic E-state index is 0.201. The Morgan fingerprint density at radius 2 is 1.81 bits per heavy atom. The number of amides is 1. The van der Waals surface area contributed by atoms with Crippen LogP contribution in [0.4, 0.5) is 11.4 Å². The highest BCUT2D eigenvalue weighted by Gasteiger charge is 2.30. The van der Waals surface area contributed by atoms with Crippen molar-refractivity contribution >= 4 is 50.5 Å². The molecule has 26 heavy (non-hydrogen) atoms. The third kappa shape index (κ3) is 4.50. The largest absolute Gasteiger partial charge is 0.323 e. The maximum absolute atomic E-state index is 12.7. The summed E-state index contributed by atoms with van der Waals surface area (Å²) in [4.78, 5) is 12.7. The molecule has 2 rings (SSSR count). The first kappa shape index (κ1) is 20.6. The Morgan fingerprint density at radius 1 is 1.15 bits per heavy atom. The average Bonchev–Trinajstić information content (AvgIpc) is 2.54. The van der Waals surface area contributed by atoms with Crippen LogP contribution < -0.4 is 9.62 Å². The molecule has 0 aliphatic carbocycles. The van der Waals surface area contributed by atoms with Gasteiger partial charge in [-0.25, -0.2) is 8.42 Å². The number of sulfonamides is 1. The van der Waals surface area contributed by atoms with Crippen molar-refractivity contribution in [3.63, 3.8) is 0 Å². The molecule has 140 valence electrons. The Kier molecular flexibility index (Phi) is 6.21. The summed E-state index contributed by atoms with van der Waals surface area (Å²) in [7, 11) is -3.70. The van der Waals surface area contributed by atoms with Crippen LogP contribution in [-0.2, 0) is 14.8 Å². The van der Waals surface area contributed by atoms with E-state index in [1.54, 1.807) is 31.2 Å². The molecule has 2 aromatic carbocycles. The number of halogens is 2. The van der Waals surface area contributed by atoms with Crippen LogP contribution in [0.3, 0.4) is 0 Å². The van der Waals surface area contributed by atoms with Gasteiger partial charge in [0.15, 0.2) is 0 Å². The van der Waals surface area contributed by atoms with Crippen LogP contribution >= 0.6 is 23.2 Å². The lowest BCUT2D eigenvalue weighted by molar-refractivity contribution is -0.116. The molecular weight excluding hydrogens is 395 g/mol. The van der Waals surface area contributed by atoms with Gasteiger partial charge in [-0.2, -0.15) is 0 Å². The zero-order valence-electron chi connectivity index (χ0n) is 14.9. The Bertz CT molecular complexity index is 945. The fraction of sp³-hybridized carbons (Fsp3) is 0.278. The van der Waals surface area contributed by atoms with Gasteiger partial charge in [0.25, 0.3) is 0 Å². The van der Waals surface area contributed by atoms with Gasteiger partial charge < -0.3 is 5.32 Å². The molecule has 0 aliphatic heterocycles. The van der Waals surface area contributed by atoms with E-state index in [2.05, 4.69) is 5.32 Å². The molecule has 0 saturated carbocycles. The summed E-state index contributed by atoms with van der Waals surface area (Å²) in [6, 6.07) is 9.31. The normalized spacial score (nSPS) is 12.5. The number of anilines is 2. The lowest BCUT2D eigenvalue weighted by atomic mass is 10.1. The number of hydrogen-bond donors (Lipinski definition) is 1. The molecule has 0 heterocycles. The van der Waals surface area contributed by atoms with E-state index in [0.29, 0.717) is 16.4 Å². The highest BCUT2D eigenvalue weighted by molar-refractivity contribution is 7.92. The maximum Gasteiger partial charge on any atom is 0.248 e. The number of carbonyl (C=O) groups is 1. The zero-order valence-corrected chi connectivity index (χ0v) is 17.2. The second-order valence-corrected chi connectivity index (χ2v) is 8.76. The third-order valence-electron chi connectivity index (χ3n) is 3.90. The lowest BCUT2D eigenvalue weighted by Gasteiger charge is -2.30. The van der Waals surface area contributed by atoms with Crippen LogP contribution in [0.1, 0.15) is 18.1 Å². The van der Waals surface area contributed by atoms with Crippen molar-refractivity contribution in [3.05, 3.63) is 57.6 Å². The summed E-state index contributed by atoms with van der Waals surface area (Å²) >= 11 is 12.1. The van der Waals surface area contributed by atoms with Crippen molar-refractivity contribution in [1.82, 2.24) is 0 Å². The fourth-order valence-corrected chi connectivity index (χ4v) is 4.15. The summed E-state index contributed by atoms with van der Waals surface area (Å²) in [6.07, 6.45) is 1.07. The molecule has 0 saturated heterocycles. The van der Waals surface area contributed by atoms with E-state index in [-0.39, 0.29) is 5.02 Å². The molecule has 0 aliphatic rings. The summed E-state index contributed by atoms with van der Waals surface area (Å²) in [5.41, 5.74) is 2.43. The minimum atomic E-state index is -3.70. The quantitative estimate of drug-likeness (QED) is 0.787. The second kappa shape index (κ2) is 7.86. The van der Waals surface area contributed by atoms with Gasteiger partial charge in [0.2, 0.25) is 15.9 Å². The van der Waals surface area contributed by atoms with Gasteiger partial charge in [0.1, 0.15) is 6.04 Å². The average molecular weight is 415 g/mol. The second-order valence-electron chi connectivity index (χ2n) is 6.12. The molecule has 1 N–H and O–H groups in total. The van der Waals surface area contributed by atoms with E-state index in [1.165, 1.54) is 6.92 Å². The van der Waals surface area contributed by atoms with Crippen LogP contribution in [0.25, 0.3) is 0 Å². The van der Waals surface area contributed by atoms with Crippen LogP contribution in [0.5, 0.6) is 0 Å². The Hall–Kier alpha value is -1.76. The lowest BCUT2D eigenvalue weighted by Crippen LogP contribution is -2.45. The van der Waals surface area contributed by atoms with E-state index in [0.717, 1.165) is 21.7 Å². The first-order valence-corrected chi connectivity index (χ1v) is 10.4. The van der Waals surface area contributed by atoms with Gasteiger partial charge in [-0.1, -0.05) is 41.4 Å². The summed E-state index contributed by atoms with van der Waals surface area (Å²) < 4.78 is 25.9. The molecule has 0 radical (unpaired) electrons. The van der Waals surface area contributed by atoms with E-state index in [4.69, 9.17) is 23.2 Å². The first-order chi connectivity index (χ1) is 12.0. The number of benzene rings is 2. The number of aryl methyl sites for hydroxylation is 2. The summed E-state index contributed by atoms with van der Waals surface area (Å²) in [6.45, 7) is 5.18. The van der Waals surface area contributed by atoms with Gasteiger partial charge in [0.05, 0.1) is 27.7 Å². The number of rotatable bonds is 5. The monoisotopic (exact) mass is 414 g/mol. The molecule has 1 atom stereocenters. The molecule has 0 aromatic heterocycles. The van der Waals surface area contributed by atoms with Gasteiger partial charge in [-0.3, -0.25) is 9.10 Å². The standard InChI is InChI=1S/C18H20Cl2N2O3S/c1-11-8-9-12(2)16(10-11)22(26(4,24)25)13(3)18(23)21-15-7-5-6-14(19)17(15)20/h5-10,13H,1-4H3,(H,21,23)/t13-/m1/s1. The predicted molar refractivity (Wildman–Crippen MR) is 108 cm³/mol. The highest BCUT2D eigenvalue weighted by Crippen LogP contribution is 2.31. The van der Waals surface area contributed by atoms with E-state index in [1.807, 2.05) is 19.1 Å². The highest BCUT2D eigenvalue weighted by atomic mass is 35.5. The Balaban J connectivity index is 2.41. The van der Waals surface area contributed by atoms with Gasteiger partial charge in [-0.15, -0.1) is 0 Å². The van der Waals surface area contributed by atoms with Gasteiger partial charge in [0, 0.05) is 0 Å². The van der Waals surface area contributed by atoms with Gasteiger partial charge in [-0.05, 0) is 50.1 Å². The fourth-order valence-electron chi connectivity index (χ4n) is 2.58. The van der Waals surface area contributed by atoms with Crippen LogP contribution in [-0.4, -0.2) is 26.6 Å². The molecular formula is C18H20Cl2N2O3S. The van der Waals surface area contributed by atoms with Crippen molar-refractivity contribution in [2.75, 3.05) is 15.9 Å². The Labute approximate surface area is 164 Å². The molecule has 0 fully saturated rings. The van der Waals surface area contributed by atoms with Crippen molar-refractivity contribution in [2.24, 2.45) is 0 Å². The number of hydrogen-bond acceptors (Lipinski definition) is 3. The van der Waals surface area contributed by atoms with E-state index < -0.39 is 22.0 Å². The van der Waals surface area contributed by atoms with Crippen molar-refractivity contribution in [3.8, 4) is 0 Å². The molecule has 1 amide bonds. The number of carbonyl (C=O) groups excluding carboxylic acids is 1. The molecule has 8 heteroatoms. The van der Waals surface area contributed by atoms with Crippen LogP contribution in [0.15, 0.2) is 36.4 Å². The van der Waals surface area contributed by atoms with Crippen molar-refractivity contribution in [1.29, 1.82) is 0 Å². The first-order valence-electron chi connectivity index (χ1n) is 7.84. The number of nitrogens with one attached hydrogen (secondary N) is 1. The van der Waals surface area contributed by atoms with Crippen LogP contribution in [0.2, 0.25) is 10.0 Å². The van der Waals surface area contributed by atoms with E-state index >= 15 is 0 Å². The molecule has 5 nitrogen and oxygen atoms in total. The zero-order chi connectivity index (χ0) is 19.6.